The van der Waals surface area contributed by atoms with Crippen molar-refractivity contribution in [3.8, 4) is 0 Å². The van der Waals surface area contributed by atoms with Crippen molar-refractivity contribution in [2.75, 3.05) is 0 Å². The average molecular weight is 160 g/mol. The molecule has 0 aliphatic heterocycles. The molecule has 0 aliphatic carbocycles. The van der Waals surface area contributed by atoms with Crippen LogP contribution < -0.4 is 0 Å². The third-order valence-corrected chi connectivity index (χ3v) is 1.81. The van der Waals surface area contributed by atoms with Crippen LogP contribution >= 0.6 is 0 Å². The molecule has 2 aromatic rings. The summed E-state index contributed by atoms with van der Waals surface area (Å²) >= 11 is 0. The van der Waals surface area contributed by atoms with Crippen LogP contribution in [0.3, 0.4) is 0 Å². The lowest BCUT2D eigenvalue weighted by atomic mass is 10.1. The van der Waals surface area contributed by atoms with E-state index in [0.717, 1.165) is 16.3 Å². The van der Waals surface area contributed by atoms with Crippen molar-refractivity contribution >= 4 is 10.8 Å². The Morgan fingerprint density at radius 2 is 2.00 bits per heavy atom. The number of aliphatic hydroxyl groups excluding tert-OH is 1. The van der Waals surface area contributed by atoms with Crippen molar-refractivity contribution in [1.82, 2.24) is 9.97 Å². The first kappa shape index (κ1) is 7.18. The molecule has 1 N–H and O–H groups in total. The number of pyridine rings is 2. The molecule has 12 heavy (non-hydrogen) atoms. The maximum Gasteiger partial charge on any atom is 0.0703 e. The minimum absolute atomic E-state index is 0.0222. The van der Waals surface area contributed by atoms with Crippen LogP contribution in [0.25, 0.3) is 10.8 Å². The Balaban J connectivity index is 2.79. The molecule has 3 heteroatoms. The van der Waals surface area contributed by atoms with Gasteiger partial charge < -0.3 is 5.11 Å². The van der Waals surface area contributed by atoms with E-state index in [1.807, 2.05) is 6.07 Å². The molecule has 2 rings (SSSR count). The van der Waals surface area contributed by atoms with Crippen LogP contribution in [0.15, 0.2) is 30.9 Å². The molecule has 0 fully saturated rings. The van der Waals surface area contributed by atoms with Crippen molar-refractivity contribution in [3.05, 3.63) is 36.4 Å². The summed E-state index contributed by atoms with van der Waals surface area (Å²) in [5.41, 5.74) is 0.842. The highest BCUT2D eigenvalue weighted by Gasteiger charge is 1.98. The van der Waals surface area contributed by atoms with E-state index in [-0.39, 0.29) is 6.61 Å². The molecule has 0 bridgehead atoms. The van der Waals surface area contributed by atoms with Crippen molar-refractivity contribution < 1.29 is 5.11 Å². The van der Waals surface area contributed by atoms with Crippen molar-refractivity contribution in [2.45, 2.75) is 6.61 Å². The lowest BCUT2D eigenvalue weighted by Gasteiger charge is -2.00. The lowest BCUT2D eigenvalue weighted by Crippen LogP contribution is -1.87. The Morgan fingerprint density at radius 1 is 1.17 bits per heavy atom. The van der Waals surface area contributed by atoms with Gasteiger partial charge in [-0.05, 0) is 11.5 Å². The normalized spacial score (nSPS) is 10.4. The maximum absolute atomic E-state index is 8.98. The molecule has 0 saturated carbocycles. The fourth-order valence-electron chi connectivity index (χ4n) is 1.21. The highest BCUT2D eigenvalue weighted by atomic mass is 16.3. The minimum atomic E-state index is 0.0222. The summed E-state index contributed by atoms with van der Waals surface area (Å²) in [4.78, 5) is 7.95. The summed E-state index contributed by atoms with van der Waals surface area (Å²) in [7, 11) is 0. The van der Waals surface area contributed by atoms with Gasteiger partial charge in [0.2, 0.25) is 0 Å². The van der Waals surface area contributed by atoms with Crippen LogP contribution in [0.2, 0.25) is 0 Å². The molecule has 0 aliphatic rings. The Bertz CT molecular complexity index is 395. The van der Waals surface area contributed by atoms with Gasteiger partial charge in [-0.1, -0.05) is 0 Å². The van der Waals surface area contributed by atoms with E-state index >= 15 is 0 Å². The third-order valence-electron chi connectivity index (χ3n) is 1.81. The second kappa shape index (κ2) is 2.87. The first-order valence-electron chi connectivity index (χ1n) is 3.69. The second-order valence-corrected chi connectivity index (χ2v) is 2.55. The summed E-state index contributed by atoms with van der Waals surface area (Å²) in [6.07, 6.45) is 6.85. The number of hydrogen-bond acceptors (Lipinski definition) is 3. The van der Waals surface area contributed by atoms with Crippen LogP contribution in [0.4, 0.5) is 0 Å². The summed E-state index contributed by atoms with van der Waals surface area (Å²) in [5.74, 6) is 0. The molecule has 60 valence electrons. The zero-order valence-electron chi connectivity index (χ0n) is 6.44. The van der Waals surface area contributed by atoms with E-state index < -0.39 is 0 Å². The molecule has 0 radical (unpaired) electrons. The maximum atomic E-state index is 8.98. The quantitative estimate of drug-likeness (QED) is 0.680. The lowest BCUT2D eigenvalue weighted by molar-refractivity contribution is 0.283. The zero-order valence-corrected chi connectivity index (χ0v) is 6.44. The number of fused-ring (bicyclic) bond motifs is 1. The van der Waals surface area contributed by atoms with Gasteiger partial charge in [0, 0.05) is 35.7 Å². The highest BCUT2D eigenvalue weighted by Crippen LogP contribution is 2.14. The van der Waals surface area contributed by atoms with E-state index in [1.54, 1.807) is 24.8 Å². The van der Waals surface area contributed by atoms with Crippen LogP contribution in [0.1, 0.15) is 5.56 Å². The number of aromatic nitrogens is 2. The molecule has 2 heterocycles. The average Bonchev–Trinajstić information content (AvgIpc) is 2.17. The molecular formula is C9H8N2O. The molecule has 0 amide bonds. The first-order chi connectivity index (χ1) is 5.92. The van der Waals surface area contributed by atoms with E-state index in [9.17, 15) is 0 Å². The van der Waals surface area contributed by atoms with Crippen molar-refractivity contribution in [3.63, 3.8) is 0 Å². The number of hydrogen-bond donors (Lipinski definition) is 1. The Hall–Kier alpha value is -1.48. The highest BCUT2D eigenvalue weighted by molar-refractivity contribution is 5.83. The predicted molar refractivity (Wildman–Crippen MR) is 45.5 cm³/mol. The number of rotatable bonds is 1. The molecule has 2 aromatic heterocycles. The molecule has 3 nitrogen and oxygen atoms in total. The topological polar surface area (TPSA) is 46.0 Å². The van der Waals surface area contributed by atoms with Gasteiger partial charge in [-0.15, -0.1) is 0 Å². The van der Waals surface area contributed by atoms with Crippen molar-refractivity contribution in [2.24, 2.45) is 0 Å². The largest absolute Gasteiger partial charge is 0.392 e. The van der Waals surface area contributed by atoms with Gasteiger partial charge in [0.25, 0.3) is 0 Å². The number of aliphatic hydroxyl groups is 1. The summed E-state index contributed by atoms with van der Waals surface area (Å²) < 4.78 is 0. The van der Waals surface area contributed by atoms with E-state index in [0.29, 0.717) is 0 Å². The monoisotopic (exact) mass is 160 g/mol. The molecule has 0 aromatic carbocycles. The van der Waals surface area contributed by atoms with Crippen molar-refractivity contribution in [1.29, 1.82) is 0 Å². The van der Waals surface area contributed by atoms with Gasteiger partial charge in [-0.3, -0.25) is 9.97 Å². The summed E-state index contributed by atoms with van der Waals surface area (Å²) in [6, 6.07) is 1.88. The van der Waals surface area contributed by atoms with Crippen LogP contribution in [-0.2, 0) is 6.61 Å². The summed E-state index contributed by atoms with van der Waals surface area (Å²) in [6.45, 7) is 0.0222. The van der Waals surface area contributed by atoms with E-state index in [4.69, 9.17) is 5.11 Å². The molecule has 0 saturated heterocycles. The van der Waals surface area contributed by atoms with E-state index in [1.165, 1.54) is 0 Å². The molecule has 0 unspecified atom stereocenters. The SMILES string of the molecule is OCc1cncc2cnccc12. The smallest absolute Gasteiger partial charge is 0.0703 e. The fraction of sp³-hybridized carbons (Fsp3) is 0.111. The van der Waals surface area contributed by atoms with Gasteiger partial charge in [0.15, 0.2) is 0 Å². The van der Waals surface area contributed by atoms with Crippen LogP contribution in [-0.4, -0.2) is 15.1 Å². The van der Waals surface area contributed by atoms with Gasteiger partial charge in [-0.25, -0.2) is 0 Å². The van der Waals surface area contributed by atoms with Gasteiger partial charge in [0.05, 0.1) is 6.61 Å². The van der Waals surface area contributed by atoms with Crippen LogP contribution in [0, 0.1) is 0 Å². The molecule has 0 spiro atoms. The Labute approximate surface area is 69.7 Å². The Kier molecular flexibility index (Phi) is 1.72. The second-order valence-electron chi connectivity index (χ2n) is 2.55. The Morgan fingerprint density at radius 3 is 2.83 bits per heavy atom. The van der Waals surface area contributed by atoms with Gasteiger partial charge in [0.1, 0.15) is 0 Å². The zero-order chi connectivity index (χ0) is 8.39. The fourth-order valence-corrected chi connectivity index (χ4v) is 1.21. The predicted octanol–water partition coefficient (Wildman–Crippen LogP) is 1.12. The third kappa shape index (κ3) is 1.04. The van der Waals surface area contributed by atoms with Gasteiger partial charge >= 0.3 is 0 Å². The first-order valence-corrected chi connectivity index (χ1v) is 3.69. The standard InChI is InChI=1S/C9H8N2O/c12-6-8-5-11-4-7-3-10-2-1-9(7)8/h1-5,12H,6H2. The van der Waals surface area contributed by atoms with Gasteiger partial charge in [-0.2, -0.15) is 0 Å². The molecule has 0 atom stereocenters. The minimum Gasteiger partial charge on any atom is -0.392 e. The molecular weight excluding hydrogens is 152 g/mol. The van der Waals surface area contributed by atoms with E-state index in [2.05, 4.69) is 9.97 Å². The van der Waals surface area contributed by atoms with Crippen LogP contribution in [0.5, 0.6) is 0 Å². The number of nitrogens with zero attached hydrogens (tertiary/aromatic N) is 2. The summed E-state index contributed by atoms with van der Waals surface area (Å²) in [5, 5.41) is 11.0.